The number of piperazine rings is 1. The molecule has 102 valence electrons. The Labute approximate surface area is 115 Å². The average Bonchev–Trinajstić information content (AvgIpc) is 2.39. The first kappa shape index (κ1) is 13.9. The van der Waals surface area contributed by atoms with Gasteiger partial charge in [-0.15, -0.1) is 0 Å². The van der Waals surface area contributed by atoms with Gasteiger partial charge in [-0.1, -0.05) is 12.1 Å². The number of nitriles is 1. The standard InChI is InChI=1S/C15H22N4/c1-12-10-18(3)11-14(9-17-2)19(12)15-7-5-4-6-13(15)8-16/h4-7,12,14,17H,9-11H2,1-3H3. The SMILES string of the molecule is CNCC1CN(C)CC(C)N1c1ccccc1C#N. The molecule has 1 fully saturated rings. The van der Waals surface area contributed by atoms with Crippen LogP contribution in [0.4, 0.5) is 5.69 Å². The van der Waals surface area contributed by atoms with E-state index in [1.54, 1.807) is 0 Å². The van der Waals surface area contributed by atoms with Crippen LogP contribution in [0.25, 0.3) is 0 Å². The number of nitrogens with zero attached hydrogens (tertiary/aromatic N) is 3. The van der Waals surface area contributed by atoms with Crippen molar-refractivity contribution in [2.45, 2.75) is 19.0 Å². The van der Waals surface area contributed by atoms with Crippen molar-refractivity contribution in [1.29, 1.82) is 5.26 Å². The van der Waals surface area contributed by atoms with Gasteiger partial charge in [0.05, 0.1) is 17.3 Å². The van der Waals surface area contributed by atoms with E-state index >= 15 is 0 Å². The van der Waals surface area contributed by atoms with E-state index in [-0.39, 0.29) is 0 Å². The second-order valence-corrected chi connectivity index (χ2v) is 5.32. The van der Waals surface area contributed by atoms with E-state index in [1.807, 2.05) is 25.2 Å². The van der Waals surface area contributed by atoms with E-state index in [1.165, 1.54) is 0 Å². The highest BCUT2D eigenvalue weighted by atomic mass is 15.3. The molecule has 1 aromatic rings. The molecule has 2 unspecified atom stereocenters. The van der Waals surface area contributed by atoms with Crippen LogP contribution in [0.15, 0.2) is 24.3 Å². The van der Waals surface area contributed by atoms with Crippen LogP contribution in [-0.4, -0.2) is 50.7 Å². The van der Waals surface area contributed by atoms with Crippen LogP contribution in [0.5, 0.6) is 0 Å². The molecule has 0 bridgehead atoms. The number of benzene rings is 1. The van der Waals surface area contributed by atoms with Crippen molar-refractivity contribution >= 4 is 5.69 Å². The minimum atomic E-state index is 0.397. The topological polar surface area (TPSA) is 42.3 Å². The van der Waals surface area contributed by atoms with Crippen molar-refractivity contribution < 1.29 is 0 Å². The first-order valence-corrected chi connectivity index (χ1v) is 6.78. The fraction of sp³-hybridized carbons (Fsp3) is 0.533. The summed E-state index contributed by atoms with van der Waals surface area (Å²) in [6, 6.07) is 11.0. The minimum Gasteiger partial charge on any atom is -0.361 e. The third kappa shape index (κ3) is 2.89. The van der Waals surface area contributed by atoms with E-state index in [9.17, 15) is 5.26 Å². The van der Waals surface area contributed by atoms with Crippen LogP contribution in [0.1, 0.15) is 12.5 Å². The smallest absolute Gasteiger partial charge is 0.101 e. The zero-order valence-corrected chi connectivity index (χ0v) is 11.9. The Morgan fingerprint density at radius 3 is 2.79 bits per heavy atom. The van der Waals surface area contributed by atoms with Gasteiger partial charge in [0.2, 0.25) is 0 Å². The molecule has 1 saturated heterocycles. The summed E-state index contributed by atoms with van der Waals surface area (Å²) >= 11 is 0. The molecule has 19 heavy (non-hydrogen) atoms. The molecule has 4 heteroatoms. The second-order valence-electron chi connectivity index (χ2n) is 5.32. The van der Waals surface area contributed by atoms with Crippen LogP contribution in [-0.2, 0) is 0 Å². The number of anilines is 1. The Morgan fingerprint density at radius 2 is 2.11 bits per heavy atom. The van der Waals surface area contributed by atoms with Gasteiger partial charge in [0.25, 0.3) is 0 Å². The number of likely N-dealkylation sites (N-methyl/N-ethyl adjacent to an activating group) is 2. The second kappa shape index (κ2) is 6.05. The maximum Gasteiger partial charge on any atom is 0.101 e. The molecule has 1 aromatic carbocycles. The molecule has 2 atom stereocenters. The highest BCUT2D eigenvalue weighted by Crippen LogP contribution is 2.27. The van der Waals surface area contributed by atoms with Crippen molar-refractivity contribution in [2.75, 3.05) is 38.6 Å². The van der Waals surface area contributed by atoms with Crippen LogP contribution in [0.2, 0.25) is 0 Å². The van der Waals surface area contributed by atoms with E-state index in [2.05, 4.69) is 41.2 Å². The third-order valence-corrected chi connectivity index (χ3v) is 3.71. The number of hydrogen-bond acceptors (Lipinski definition) is 4. The van der Waals surface area contributed by atoms with Gasteiger partial charge in [-0.25, -0.2) is 0 Å². The molecule has 0 aliphatic carbocycles. The van der Waals surface area contributed by atoms with Crippen LogP contribution < -0.4 is 10.2 Å². The molecule has 0 saturated carbocycles. The highest BCUT2D eigenvalue weighted by Gasteiger charge is 2.31. The number of nitrogens with one attached hydrogen (secondary N) is 1. The lowest BCUT2D eigenvalue weighted by molar-refractivity contribution is 0.230. The summed E-state index contributed by atoms with van der Waals surface area (Å²) in [6.07, 6.45) is 0. The van der Waals surface area contributed by atoms with Crippen LogP contribution in [0.3, 0.4) is 0 Å². The lowest BCUT2D eigenvalue weighted by atomic mass is 10.0. The molecule has 1 aliphatic heterocycles. The minimum absolute atomic E-state index is 0.397. The van der Waals surface area contributed by atoms with E-state index in [0.29, 0.717) is 12.1 Å². The summed E-state index contributed by atoms with van der Waals surface area (Å²) in [6.45, 7) is 5.20. The molecule has 0 radical (unpaired) electrons. The van der Waals surface area contributed by atoms with Crippen molar-refractivity contribution in [3.63, 3.8) is 0 Å². The number of rotatable bonds is 3. The maximum absolute atomic E-state index is 9.30. The molecular weight excluding hydrogens is 236 g/mol. The Balaban J connectivity index is 2.35. The first-order chi connectivity index (χ1) is 9.17. The zero-order chi connectivity index (χ0) is 13.8. The van der Waals surface area contributed by atoms with Crippen LogP contribution >= 0.6 is 0 Å². The predicted octanol–water partition coefficient (Wildman–Crippen LogP) is 1.29. The first-order valence-electron chi connectivity index (χ1n) is 6.78. The van der Waals surface area contributed by atoms with Gasteiger partial charge in [-0.05, 0) is 33.2 Å². The Hall–Kier alpha value is -1.57. The van der Waals surface area contributed by atoms with Crippen molar-refractivity contribution in [3.8, 4) is 6.07 Å². The monoisotopic (exact) mass is 258 g/mol. The third-order valence-electron chi connectivity index (χ3n) is 3.71. The van der Waals surface area contributed by atoms with Crippen LogP contribution in [0, 0.1) is 11.3 Å². The molecule has 0 spiro atoms. The Kier molecular flexibility index (Phi) is 4.41. The summed E-state index contributed by atoms with van der Waals surface area (Å²) in [7, 11) is 4.14. The van der Waals surface area contributed by atoms with Gasteiger partial charge < -0.3 is 15.1 Å². The lowest BCUT2D eigenvalue weighted by Crippen LogP contribution is -2.59. The van der Waals surface area contributed by atoms with Gasteiger partial charge in [-0.2, -0.15) is 5.26 Å². The summed E-state index contributed by atoms with van der Waals surface area (Å²) in [5.41, 5.74) is 1.82. The number of para-hydroxylation sites is 1. The molecule has 4 nitrogen and oxygen atoms in total. The quantitative estimate of drug-likeness (QED) is 0.887. The van der Waals surface area contributed by atoms with Crippen molar-refractivity contribution in [1.82, 2.24) is 10.2 Å². The largest absolute Gasteiger partial charge is 0.361 e. The van der Waals surface area contributed by atoms with Crippen molar-refractivity contribution in [3.05, 3.63) is 29.8 Å². The summed E-state index contributed by atoms with van der Waals surface area (Å²) in [5.74, 6) is 0. The average molecular weight is 258 g/mol. The van der Waals surface area contributed by atoms with E-state index in [4.69, 9.17) is 0 Å². The Bertz CT molecular complexity index is 465. The maximum atomic E-state index is 9.30. The van der Waals surface area contributed by atoms with E-state index in [0.717, 1.165) is 30.9 Å². The molecule has 2 rings (SSSR count). The highest BCUT2D eigenvalue weighted by molar-refractivity contribution is 5.61. The van der Waals surface area contributed by atoms with Gasteiger partial charge >= 0.3 is 0 Å². The zero-order valence-electron chi connectivity index (χ0n) is 11.9. The molecule has 1 aliphatic rings. The summed E-state index contributed by atoms with van der Waals surface area (Å²) in [5, 5.41) is 12.6. The normalized spacial score (nSPS) is 24.2. The molecule has 0 aromatic heterocycles. The predicted molar refractivity (Wildman–Crippen MR) is 78.3 cm³/mol. The molecule has 1 N–H and O–H groups in total. The fourth-order valence-corrected chi connectivity index (χ4v) is 3.05. The molecule has 0 amide bonds. The number of hydrogen-bond donors (Lipinski definition) is 1. The fourth-order valence-electron chi connectivity index (χ4n) is 3.05. The lowest BCUT2D eigenvalue weighted by Gasteiger charge is -2.46. The van der Waals surface area contributed by atoms with Gasteiger partial charge in [0.1, 0.15) is 6.07 Å². The summed E-state index contributed by atoms with van der Waals surface area (Å²) < 4.78 is 0. The summed E-state index contributed by atoms with van der Waals surface area (Å²) in [4.78, 5) is 4.76. The van der Waals surface area contributed by atoms with Gasteiger partial charge in [0, 0.05) is 25.7 Å². The Morgan fingerprint density at radius 1 is 1.37 bits per heavy atom. The molecule has 1 heterocycles. The van der Waals surface area contributed by atoms with Gasteiger partial charge in [-0.3, -0.25) is 0 Å². The van der Waals surface area contributed by atoms with Crippen molar-refractivity contribution in [2.24, 2.45) is 0 Å². The van der Waals surface area contributed by atoms with E-state index < -0.39 is 0 Å². The van der Waals surface area contributed by atoms with Gasteiger partial charge in [0.15, 0.2) is 0 Å². The molecular formula is C15H22N4.